The van der Waals surface area contributed by atoms with E-state index in [-0.39, 0.29) is 37.0 Å². The average Bonchev–Trinajstić information content (AvgIpc) is 3.48. The Kier molecular flexibility index (Phi) is 7.64. The first-order chi connectivity index (χ1) is 15.8. The van der Waals surface area contributed by atoms with Crippen LogP contribution < -0.4 is 43.9 Å². The van der Waals surface area contributed by atoms with Crippen LogP contribution in [0.3, 0.4) is 0 Å². The third-order valence-electron chi connectivity index (χ3n) is 7.07. The van der Waals surface area contributed by atoms with Crippen molar-refractivity contribution in [3.8, 4) is 0 Å². The number of fused-ring (bicyclic) bond motifs is 2. The summed E-state index contributed by atoms with van der Waals surface area (Å²) < 4.78 is 32.2. The van der Waals surface area contributed by atoms with Crippen LogP contribution >= 0.6 is 0 Å². The molecule has 5 rings (SSSR count). The zero-order chi connectivity index (χ0) is 23.2. The minimum absolute atomic E-state index is 0. The Labute approximate surface area is 225 Å². The van der Waals surface area contributed by atoms with E-state index in [4.69, 9.17) is 0 Å². The van der Waals surface area contributed by atoms with Gasteiger partial charge in [-0.05, 0) is 87.2 Å². The van der Waals surface area contributed by atoms with E-state index in [2.05, 4.69) is 26.1 Å². The number of nitrogens with one attached hydrogen (secondary N) is 2. The molecule has 11 heteroatoms. The summed E-state index contributed by atoms with van der Waals surface area (Å²) in [4.78, 5) is 15.2. The van der Waals surface area contributed by atoms with Crippen molar-refractivity contribution in [1.29, 1.82) is 0 Å². The molecule has 0 spiro atoms. The monoisotopic (exact) mass is 496 g/mol. The van der Waals surface area contributed by atoms with Gasteiger partial charge in [-0.3, -0.25) is 4.68 Å². The van der Waals surface area contributed by atoms with Gasteiger partial charge in [0.15, 0.2) is 0 Å². The number of anilines is 2. The van der Waals surface area contributed by atoms with Crippen LogP contribution in [0.25, 0.3) is 0 Å². The molecule has 1 aliphatic heterocycles. The number of aromatic nitrogens is 2. The van der Waals surface area contributed by atoms with Gasteiger partial charge in [-0.2, -0.15) is 13.5 Å². The van der Waals surface area contributed by atoms with Crippen molar-refractivity contribution in [2.24, 2.45) is 7.05 Å². The Morgan fingerprint density at radius 2 is 1.79 bits per heavy atom. The summed E-state index contributed by atoms with van der Waals surface area (Å²) in [7, 11) is -0.410. The zero-order valence-corrected chi connectivity index (χ0v) is 23.1. The van der Waals surface area contributed by atoms with Gasteiger partial charge in [0, 0.05) is 25.5 Å². The molecule has 1 unspecified atom stereocenters. The zero-order valence-electron chi connectivity index (χ0n) is 21.3. The Balaban J connectivity index is 0.00000171. The van der Waals surface area contributed by atoms with E-state index in [0.717, 1.165) is 63.6 Å². The molecule has 2 aliphatic carbocycles. The predicted octanol–water partition coefficient (Wildman–Crippen LogP) is -0.519. The van der Waals surface area contributed by atoms with Crippen LogP contribution in [0.5, 0.6) is 0 Å². The van der Waals surface area contributed by atoms with Gasteiger partial charge >= 0.3 is 45.8 Å². The van der Waals surface area contributed by atoms with E-state index in [0.29, 0.717) is 12.2 Å². The SMILES string of the molecule is CN1CCCC(N(c2cnn(C)c2)S(=O)(=O)NC(=O)Nc2c3c(cc4c2CCC4)CCC3)C1.[H-].[Na+]. The summed E-state index contributed by atoms with van der Waals surface area (Å²) in [6, 6.07) is 1.31. The molecule has 2 heterocycles. The van der Waals surface area contributed by atoms with Gasteiger partial charge in [-0.25, -0.2) is 13.8 Å². The van der Waals surface area contributed by atoms with Crippen molar-refractivity contribution in [3.05, 3.63) is 40.7 Å². The molecule has 0 bridgehead atoms. The molecule has 2 N–H and O–H groups in total. The third kappa shape index (κ3) is 5.02. The summed E-state index contributed by atoms with van der Waals surface area (Å²) in [5.74, 6) is 0. The first kappa shape index (κ1) is 25.5. The van der Waals surface area contributed by atoms with Crippen LogP contribution in [0, 0.1) is 0 Å². The van der Waals surface area contributed by atoms with Gasteiger partial charge in [0.05, 0.1) is 17.9 Å². The molecule has 3 aliphatic rings. The molecular weight excluding hydrogens is 463 g/mol. The quantitative estimate of drug-likeness (QED) is 0.543. The molecule has 1 aromatic heterocycles. The molecular formula is C23H33N6NaO3S. The molecule has 9 nitrogen and oxygen atoms in total. The van der Waals surface area contributed by atoms with Crippen molar-refractivity contribution in [3.63, 3.8) is 0 Å². The van der Waals surface area contributed by atoms with Gasteiger partial charge in [-0.15, -0.1) is 0 Å². The number of aryl methyl sites for hydroxylation is 3. The number of likely N-dealkylation sites (N-methyl/N-ethyl adjacent to an activating group) is 1. The number of urea groups is 1. The van der Waals surface area contributed by atoms with Gasteiger partial charge in [0.1, 0.15) is 0 Å². The number of hydrogen-bond acceptors (Lipinski definition) is 5. The van der Waals surface area contributed by atoms with E-state index >= 15 is 0 Å². The molecule has 0 radical (unpaired) electrons. The normalized spacial score (nSPS) is 19.8. The minimum atomic E-state index is -4.14. The third-order valence-corrected chi connectivity index (χ3v) is 8.54. The van der Waals surface area contributed by atoms with Gasteiger partial charge in [-0.1, -0.05) is 6.07 Å². The molecule has 0 saturated carbocycles. The maximum Gasteiger partial charge on any atom is 1.00 e. The standard InChI is InChI=1S/C23H32N6O3S.Na.H/c1-27-11-5-8-18(14-27)29(19-13-24-28(2)15-19)33(31,32)26-23(30)25-22-20-9-3-6-16(20)12-17-7-4-10-21(17)22;;/h12-13,15,18H,3-11,14H2,1-2H3,(H2,25,26,30);;/q;+1;-1. The van der Waals surface area contributed by atoms with Crippen molar-refractivity contribution in [1.82, 2.24) is 19.4 Å². The van der Waals surface area contributed by atoms with Crippen molar-refractivity contribution >= 4 is 27.6 Å². The number of rotatable bonds is 5. The second-order valence-corrected chi connectivity index (χ2v) is 11.1. The summed E-state index contributed by atoms with van der Waals surface area (Å²) in [5.41, 5.74) is 6.20. The molecule has 1 fully saturated rings. The maximum atomic E-state index is 13.5. The van der Waals surface area contributed by atoms with E-state index in [1.54, 1.807) is 17.9 Å². The molecule has 34 heavy (non-hydrogen) atoms. The minimum Gasteiger partial charge on any atom is -1.00 e. The molecule has 1 saturated heterocycles. The van der Waals surface area contributed by atoms with E-state index < -0.39 is 16.2 Å². The first-order valence-electron chi connectivity index (χ1n) is 11.8. The topological polar surface area (TPSA) is 99.6 Å². The molecule has 1 atom stereocenters. The van der Waals surface area contributed by atoms with Crippen LogP contribution in [0.1, 0.15) is 49.4 Å². The van der Waals surface area contributed by atoms with E-state index in [9.17, 15) is 13.2 Å². The number of benzene rings is 1. The number of likely N-dealkylation sites (tertiary alicyclic amines) is 1. The summed E-state index contributed by atoms with van der Waals surface area (Å²) >= 11 is 0. The van der Waals surface area contributed by atoms with Crippen LogP contribution in [-0.4, -0.2) is 55.3 Å². The van der Waals surface area contributed by atoms with Gasteiger partial charge in [0.25, 0.3) is 0 Å². The average molecular weight is 497 g/mol. The van der Waals surface area contributed by atoms with Crippen LogP contribution in [0.4, 0.5) is 16.2 Å². The van der Waals surface area contributed by atoms with Crippen molar-refractivity contribution in [2.75, 3.05) is 29.8 Å². The molecule has 2 aromatic rings. The Morgan fingerprint density at radius 3 is 2.38 bits per heavy atom. The summed E-state index contributed by atoms with van der Waals surface area (Å²) in [6.07, 6.45) is 10.8. The number of nitrogens with zero attached hydrogens (tertiary/aromatic N) is 4. The fraction of sp³-hybridized carbons (Fsp3) is 0.565. The fourth-order valence-corrected chi connectivity index (χ4v) is 6.99. The smallest absolute Gasteiger partial charge is 1.00 e. The van der Waals surface area contributed by atoms with Crippen molar-refractivity contribution < 1.29 is 44.2 Å². The second kappa shape index (κ2) is 10.2. The second-order valence-electron chi connectivity index (χ2n) is 9.52. The van der Waals surface area contributed by atoms with Gasteiger partial charge < -0.3 is 11.6 Å². The number of amides is 2. The van der Waals surface area contributed by atoms with Crippen LogP contribution in [-0.2, 0) is 42.9 Å². The van der Waals surface area contributed by atoms with Gasteiger partial charge in [0.2, 0.25) is 0 Å². The van der Waals surface area contributed by atoms with Crippen molar-refractivity contribution in [2.45, 2.75) is 57.4 Å². The molecule has 1 aromatic carbocycles. The van der Waals surface area contributed by atoms with Crippen LogP contribution in [0.15, 0.2) is 18.5 Å². The molecule has 2 amide bonds. The van der Waals surface area contributed by atoms with E-state index in [1.165, 1.54) is 32.8 Å². The summed E-state index contributed by atoms with van der Waals surface area (Å²) in [5, 5.41) is 7.09. The largest absolute Gasteiger partial charge is 1.00 e. The Morgan fingerprint density at radius 1 is 1.12 bits per heavy atom. The molecule has 180 valence electrons. The van der Waals surface area contributed by atoms with E-state index in [1.807, 2.05) is 7.05 Å². The number of carbonyl (C=O) groups is 1. The fourth-order valence-electron chi connectivity index (χ4n) is 5.67. The number of hydrogen-bond donors (Lipinski definition) is 2. The number of piperidine rings is 1. The van der Waals surface area contributed by atoms with Crippen LogP contribution in [0.2, 0.25) is 0 Å². The Hall–Kier alpha value is -1.59. The number of carbonyl (C=O) groups excluding carboxylic acids is 1. The predicted molar refractivity (Wildman–Crippen MR) is 129 cm³/mol. The Bertz CT molecular complexity index is 1160. The maximum absolute atomic E-state index is 13.5. The first-order valence-corrected chi connectivity index (χ1v) is 13.2. The summed E-state index contributed by atoms with van der Waals surface area (Å²) in [6.45, 7) is 1.52.